The first-order valence-corrected chi connectivity index (χ1v) is 6.98. The van der Waals surface area contributed by atoms with Gasteiger partial charge in [-0.1, -0.05) is 13.8 Å². The van der Waals surface area contributed by atoms with Gasteiger partial charge in [0.2, 0.25) is 0 Å². The number of hydrogen-bond acceptors (Lipinski definition) is 2. The highest BCUT2D eigenvalue weighted by Gasteiger charge is 2.44. The molecular weight excluding hydrogens is 198 g/mol. The van der Waals surface area contributed by atoms with Crippen LogP contribution in [0.5, 0.6) is 0 Å². The monoisotopic (exact) mass is 223 g/mol. The topological polar surface area (TPSA) is 23.5 Å². The van der Waals surface area contributed by atoms with Crippen molar-refractivity contribution in [2.75, 3.05) is 13.1 Å². The summed E-state index contributed by atoms with van der Waals surface area (Å²) in [7, 11) is 0. The summed E-state index contributed by atoms with van der Waals surface area (Å²) in [5, 5.41) is 10.3. The molecule has 3 rings (SSSR count). The lowest BCUT2D eigenvalue weighted by molar-refractivity contribution is 0.0284. The molecule has 3 fully saturated rings. The largest absolute Gasteiger partial charge is 0.392 e. The highest BCUT2D eigenvalue weighted by molar-refractivity contribution is 4.97. The molecule has 16 heavy (non-hydrogen) atoms. The van der Waals surface area contributed by atoms with Gasteiger partial charge >= 0.3 is 0 Å². The number of hydrogen-bond donors (Lipinski definition) is 1. The van der Waals surface area contributed by atoms with E-state index in [1.807, 2.05) is 0 Å². The van der Waals surface area contributed by atoms with Gasteiger partial charge in [-0.15, -0.1) is 0 Å². The molecule has 1 N–H and O–H groups in total. The Kier molecular flexibility index (Phi) is 2.56. The zero-order valence-electron chi connectivity index (χ0n) is 10.7. The Morgan fingerprint density at radius 1 is 1.25 bits per heavy atom. The van der Waals surface area contributed by atoms with Crippen LogP contribution in [0.3, 0.4) is 0 Å². The highest BCUT2D eigenvalue weighted by Crippen LogP contribution is 2.44. The van der Waals surface area contributed by atoms with Crippen LogP contribution >= 0.6 is 0 Å². The molecule has 0 radical (unpaired) electrons. The van der Waals surface area contributed by atoms with E-state index in [2.05, 4.69) is 18.7 Å². The van der Waals surface area contributed by atoms with Gasteiger partial charge in [-0.05, 0) is 49.4 Å². The average Bonchev–Trinajstić information content (AvgIpc) is 2.89. The van der Waals surface area contributed by atoms with Gasteiger partial charge in [-0.3, -0.25) is 4.90 Å². The Morgan fingerprint density at radius 2 is 2.06 bits per heavy atom. The number of aliphatic hydroxyl groups excluding tert-OH is 1. The summed E-state index contributed by atoms with van der Waals surface area (Å²) in [5.74, 6) is 1.52. The Labute approximate surface area is 99.0 Å². The van der Waals surface area contributed by atoms with Crippen molar-refractivity contribution in [3.05, 3.63) is 0 Å². The van der Waals surface area contributed by atoms with Crippen LogP contribution in [0.25, 0.3) is 0 Å². The van der Waals surface area contributed by atoms with Crippen molar-refractivity contribution < 1.29 is 5.11 Å². The van der Waals surface area contributed by atoms with E-state index in [4.69, 9.17) is 0 Å². The second-order valence-corrected chi connectivity index (χ2v) is 7.02. The molecule has 1 aliphatic heterocycles. The normalized spacial score (nSPS) is 46.7. The summed E-state index contributed by atoms with van der Waals surface area (Å²) in [6, 6.07) is 0.862. The number of fused-ring (bicyclic) bond motifs is 2. The molecule has 1 heterocycles. The van der Waals surface area contributed by atoms with Crippen molar-refractivity contribution in [2.45, 2.75) is 58.1 Å². The third kappa shape index (κ3) is 1.70. The molecule has 0 aromatic rings. The zero-order valence-corrected chi connectivity index (χ0v) is 10.7. The van der Waals surface area contributed by atoms with E-state index in [0.717, 1.165) is 18.5 Å². The SMILES string of the molecule is CC1(C)CCC(CN2CC3CCC2C3)C1O. The molecule has 2 bridgehead atoms. The van der Waals surface area contributed by atoms with Crippen molar-refractivity contribution in [3.8, 4) is 0 Å². The van der Waals surface area contributed by atoms with E-state index < -0.39 is 0 Å². The van der Waals surface area contributed by atoms with Crippen molar-refractivity contribution >= 4 is 0 Å². The van der Waals surface area contributed by atoms with Crippen LogP contribution in [-0.2, 0) is 0 Å². The molecule has 4 atom stereocenters. The fraction of sp³-hybridized carbons (Fsp3) is 1.00. The number of rotatable bonds is 2. The average molecular weight is 223 g/mol. The Bertz CT molecular complexity index is 276. The van der Waals surface area contributed by atoms with Gasteiger partial charge in [0.25, 0.3) is 0 Å². The Morgan fingerprint density at radius 3 is 2.56 bits per heavy atom. The zero-order chi connectivity index (χ0) is 11.3. The van der Waals surface area contributed by atoms with Gasteiger partial charge in [0.05, 0.1) is 6.10 Å². The van der Waals surface area contributed by atoms with Gasteiger partial charge in [0.1, 0.15) is 0 Å². The van der Waals surface area contributed by atoms with E-state index >= 15 is 0 Å². The van der Waals surface area contributed by atoms with Crippen LogP contribution < -0.4 is 0 Å². The first-order chi connectivity index (χ1) is 7.56. The lowest BCUT2D eigenvalue weighted by Gasteiger charge is -2.32. The molecule has 0 aromatic carbocycles. The second-order valence-electron chi connectivity index (χ2n) is 7.02. The summed E-state index contributed by atoms with van der Waals surface area (Å²) in [4.78, 5) is 2.67. The quantitative estimate of drug-likeness (QED) is 0.776. The molecule has 2 aliphatic carbocycles. The van der Waals surface area contributed by atoms with E-state index in [9.17, 15) is 5.11 Å². The molecule has 4 unspecified atom stereocenters. The fourth-order valence-corrected chi connectivity index (χ4v) is 4.24. The van der Waals surface area contributed by atoms with Gasteiger partial charge in [-0.25, -0.2) is 0 Å². The third-order valence-corrected chi connectivity index (χ3v) is 5.40. The van der Waals surface area contributed by atoms with Crippen LogP contribution in [0.2, 0.25) is 0 Å². The maximum Gasteiger partial charge on any atom is 0.0631 e. The molecule has 1 saturated heterocycles. The molecular formula is C14H25NO. The predicted molar refractivity (Wildman–Crippen MR) is 65.2 cm³/mol. The summed E-state index contributed by atoms with van der Waals surface area (Å²) in [6.07, 6.45) is 6.65. The minimum Gasteiger partial charge on any atom is -0.392 e. The Hall–Kier alpha value is -0.0800. The predicted octanol–water partition coefficient (Wildman–Crippen LogP) is 2.27. The van der Waals surface area contributed by atoms with Gasteiger partial charge in [0.15, 0.2) is 0 Å². The van der Waals surface area contributed by atoms with Gasteiger partial charge < -0.3 is 5.11 Å². The van der Waals surface area contributed by atoms with Gasteiger partial charge in [-0.2, -0.15) is 0 Å². The van der Waals surface area contributed by atoms with E-state index in [1.54, 1.807) is 0 Å². The lowest BCUT2D eigenvalue weighted by Crippen LogP contribution is -2.40. The molecule has 2 saturated carbocycles. The molecule has 92 valence electrons. The van der Waals surface area contributed by atoms with Crippen LogP contribution in [0.15, 0.2) is 0 Å². The fourth-order valence-electron chi connectivity index (χ4n) is 4.24. The van der Waals surface area contributed by atoms with Crippen molar-refractivity contribution in [2.24, 2.45) is 17.3 Å². The first-order valence-electron chi connectivity index (χ1n) is 6.98. The van der Waals surface area contributed by atoms with Crippen LogP contribution in [0.1, 0.15) is 46.0 Å². The first kappa shape index (κ1) is 11.0. The summed E-state index contributed by atoms with van der Waals surface area (Å²) < 4.78 is 0. The number of piperidine rings is 1. The number of aliphatic hydroxyl groups is 1. The van der Waals surface area contributed by atoms with Crippen molar-refractivity contribution in [3.63, 3.8) is 0 Å². The van der Waals surface area contributed by atoms with E-state index in [1.165, 1.54) is 38.6 Å². The second kappa shape index (κ2) is 3.71. The van der Waals surface area contributed by atoms with Crippen LogP contribution in [0, 0.1) is 17.3 Å². The Balaban J connectivity index is 1.60. The third-order valence-electron chi connectivity index (χ3n) is 5.40. The number of nitrogens with zero attached hydrogens (tertiary/aromatic N) is 1. The lowest BCUT2D eigenvalue weighted by atomic mass is 9.87. The number of likely N-dealkylation sites (tertiary alicyclic amines) is 1. The molecule has 0 spiro atoms. The summed E-state index contributed by atoms with van der Waals surface area (Å²) in [6.45, 7) is 6.90. The van der Waals surface area contributed by atoms with Crippen molar-refractivity contribution in [1.29, 1.82) is 0 Å². The summed E-state index contributed by atoms with van der Waals surface area (Å²) in [5.41, 5.74) is 0.156. The highest BCUT2D eigenvalue weighted by atomic mass is 16.3. The maximum absolute atomic E-state index is 10.3. The van der Waals surface area contributed by atoms with E-state index in [0.29, 0.717) is 5.92 Å². The van der Waals surface area contributed by atoms with Crippen molar-refractivity contribution in [1.82, 2.24) is 4.90 Å². The van der Waals surface area contributed by atoms with Gasteiger partial charge in [0, 0.05) is 19.1 Å². The smallest absolute Gasteiger partial charge is 0.0631 e. The minimum atomic E-state index is -0.0772. The van der Waals surface area contributed by atoms with Crippen LogP contribution in [-0.4, -0.2) is 35.2 Å². The van der Waals surface area contributed by atoms with E-state index in [-0.39, 0.29) is 11.5 Å². The molecule has 0 amide bonds. The summed E-state index contributed by atoms with van der Waals surface area (Å²) >= 11 is 0. The molecule has 2 heteroatoms. The molecule has 2 nitrogen and oxygen atoms in total. The standard InChI is InChI=1S/C14H25NO/c1-14(2)6-5-11(13(14)16)9-15-8-10-3-4-12(15)7-10/h10-13,16H,3-9H2,1-2H3. The van der Waals surface area contributed by atoms with Crippen LogP contribution in [0.4, 0.5) is 0 Å². The molecule has 3 aliphatic rings. The maximum atomic E-state index is 10.3. The minimum absolute atomic E-state index is 0.0772. The molecule has 0 aromatic heterocycles.